The first-order chi connectivity index (χ1) is 14.7. The second kappa shape index (κ2) is 7.95. The third kappa shape index (κ3) is 3.93. The summed E-state index contributed by atoms with van der Waals surface area (Å²) in [6.07, 6.45) is 3.10. The highest BCUT2D eigenvalue weighted by Crippen LogP contribution is 2.33. The number of aromatic nitrogens is 5. The van der Waals surface area contributed by atoms with Crippen molar-refractivity contribution < 1.29 is 18.7 Å². The maximum absolute atomic E-state index is 14.8. The average Bonchev–Trinajstić information content (AvgIpc) is 3.29. The Kier molecular flexibility index (Phi) is 5.32. The molecule has 4 aromatic rings. The van der Waals surface area contributed by atoms with E-state index in [4.69, 9.17) is 11.6 Å². The highest BCUT2D eigenvalue weighted by molar-refractivity contribution is 6.20. The highest BCUT2D eigenvalue weighted by atomic mass is 35.5. The van der Waals surface area contributed by atoms with Gasteiger partial charge in [0.05, 0.1) is 29.2 Å². The lowest BCUT2D eigenvalue weighted by Gasteiger charge is -2.11. The Morgan fingerprint density at radius 2 is 1.97 bits per heavy atom. The molecule has 0 saturated heterocycles. The van der Waals surface area contributed by atoms with Crippen LogP contribution < -0.4 is 5.32 Å². The molecule has 1 aromatic carbocycles. The zero-order valence-corrected chi connectivity index (χ0v) is 17.2. The van der Waals surface area contributed by atoms with Crippen LogP contribution in [0.4, 0.5) is 19.3 Å². The molecule has 0 amide bonds. The number of fused-ring (bicyclic) bond motifs is 1. The first-order valence-corrected chi connectivity index (χ1v) is 9.66. The molecule has 11 heteroatoms. The maximum Gasteiger partial charge on any atom is 0.432 e. The second-order valence-corrected chi connectivity index (χ2v) is 7.75. The van der Waals surface area contributed by atoms with Gasteiger partial charge in [0.1, 0.15) is 17.3 Å². The summed E-state index contributed by atoms with van der Waals surface area (Å²) in [5, 5.41) is 20.7. The molecule has 0 aliphatic carbocycles. The molecule has 1 atom stereocenters. The fourth-order valence-corrected chi connectivity index (χ4v) is 3.31. The van der Waals surface area contributed by atoms with E-state index in [2.05, 4.69) is 20.5 Å². The van der Waals surface area contributed by atoms with E-state index in [-0.39, 0.29) is 27.8 Å². The van der Waals surface area contributed by atoms with Crippen molar-refractivity contribution in [2.45, 2.75) is 12.3 Å². The first kappa shape index (κ1) is 20.7. The predicted octanol–water partition coefficient (Wildman–Crippen LogP) is 4.34. The minimum Gasteiger partial charge on any atom is -0.463 e. The topological polar surface area (TPSA) is 97.9 Å². The Morgan fingerprint density at radius 3 is 2.55 bits per heavy atom. The lowest BCUT2D eigenvalue weighted by molar-refractivity contribution is 0.194. The van der Waals surface area contributed by atoms with Crippen LogP contribution in [-0.2, 0) is 7.05 Å². The number of benzene rings is 1. The summed E-state index contributed by atoms with van der Waals surface area (Å²) in [6, 6.07) is 3.73. The Labute approximate surface area is 180 Å². The molecule has 0 saturated carbocycles. The molecule has 4 rings (SSSR count). The summed E-state index contributed by atoms with van der Waals surface area (Å²) in [5.74, 6) is -1.63. The van der Waals surface area contributed by atoms with Gasteiger partial charge in [-0.2, -0.15) is 14.9 Å². The normalized spacial score (nSPS) is 12.3. The summed E-state index contributed by atoms with van der Waals surface area (Å²) in [5.41, 5.74) is 0.985. The van der Waals surface area contributed by atoms with E-state index >= 15 is 0 Å². The van der Waals surface area contributed by atoms with Gasteiger partial charge in [0.25, 0.3) is 0 Å². The summed E-state index contributed by atoms with van der Waals surface area (Å²) in [6.45, 7) is 2.10. The minimum absolute atomic E-state index is 0.00911. The first-order valence-electron chi connectivity index (χ1n) is 9.23. The van der Waals surface area contributed by atoms with Gasteiger partial charge in [-0.05, 0) is 25.1 Å². The number of nitrogens with one attached hydrogen (secondary N) is 1. The van der Waals surface area contributed by atoms with Crippen molar-refractivity contribution in [3.8, 4) is 22.5 Å². The number of hydrogen-bond donors (Lipinski definition) is 2. The van der Waals surface area contributed by atoms with Crippen LogP contribution in [0, 0.1) is 11.6 Å². The van der Waals surface area contributed by atoms with Crippen LogP contribution >= 0.6 is 11.6 Å². The smallest absolute Gasteiger partial charge is 0.432 e. The summed E-state index contributed by atoms with van der Waals surface area (Å²) in [4.78, 5) is 15.7. The Hall–Kier alpha value is -3.53. The molecule has 8 nitrogen and oxygen atoms in total. The number of hydrogen-bond acceptors (Lipinski definition) is 5. The van der Waals surface area contributed by atoms with Gasteiger partial charge in [-0.25, -0.2) is 13.6 Å². The highest BCUT2D eigenvalue weighted by Gasteiger charge is 2.21. The molecule has 0 radical (unpaired) electrons. The fourth-order valence-electron chi connectivity index (χ4n) is 3.23. The molecule has 0 spiro atoms. The van der Waals surface area contributed by atoms with E-state index < -0.39 is 17.7 Å². The number of carboxylic acid groups (broad SMARTS) is 1. The number of anilines is 1. The lowest BCUT2D eigenvalue weighted by Crippen LogP contribution is -2.11. The standard InChI is InChI=1S/C20H17ClF2N6O2/c1-10(21)6-24-12-3-14(22)18(15(23)4-12)16-5-13-17(8-25-16)29(20(30)31)27-19(13)11-7-26-28(2)9-11/h3-5,7-10,24H,6H2,1-2H3,(H,30,31). The number of aryl methyl sites for hydroxylation is 1. The van der Waals surface area contributed by atoms with Crippen molar-refractivity contribution in [3.63, 3.8) is 0 Å². The zero-order valence-electron chi connectivity index (χ0n) is 16.5. The molecular formula is C20H17ClF2N6O2. The average molecular weight is 447 g/mol. The third-order valence-corrected chi connectivity index (χ3v) is 4.77. The lowest BCUT2D eigenvalue weighted by atomic mass is 10.1. The number of rotatable bonds is 5. The van der Waals surface area contributed by atoms with Crippen LogP contribution in [0.15, 0.2) is 36.8 Å². The number of nitrogens with zero attached hydrogens (tertiary/aromatic N) is 5. The van der Waals surface area contributed by atoms with Gasteiger partial charge in [-0.1, -0.05) is 0 Å². The molecule has 31 heavy (non-hydrogen) atoms. The second-order valence-electron chi connectivity index (χ2n) is 7.01. The van der Waals surface area contributed by atoms with Gasteiger partial charge in [0.2, 0.25) is 0 Å². The van der Waals surface area contributed by atoms with Crippen LogP contribution in [0.2, 0.25) is 0 Å². The fraction of sp³-hybridized carbons (Fsp3) is 0.200. The molecule has 0 fully saturated rings. The van der Waals surface area contributed by atoms with Gasteiger partial charge in [-0.3, -0.25) is 9.67 Å². The quantitative estimate of drug-likeness (QED) is 0.442. The van der Waals surface area contributed by atoms with E-state index in [0.717, 1.165) is 16.8 Å². The molecule has 0 aliphatic rings. The van der Waals surface area contributed by atoms with Crippen molar-refractivity contribution >= 4 is 34.3 Å². The van der Waals surface area contributed by atoms with Crippen molar-refractivity contribution in [1.29, 1.82) is 0 Å². The molecule has 3 aromatic heterocycles. The molecule has 3 heterocycles. The van der Waals surface area contributed by atoms with Crippen LogP contribution in [0.1, 0.15) is 6.92 Å². The maximum atomic E-state index is 14.8. The summed E-state index contributed by atoms with van der Waals surface area (Å²) >= 11 is 5.87. The Bertz CT molecular complexity index is 1280. The van der Waals surface area contributed by atoms with Crippen molar-refractivity contribution in [1.82, 2.24) is 24.5 Å². The van der Waals surface area contributed by atoms with Gasteiger partial charge in [0.15, 0.2) is 0 Å². The predicted molar refractivity (Wildman–Crippen MR) is 112 cm³/mol. The summed E-state index contributed by atoms with van der Waals surface area (Å²) < 4.78 is 31.9. The minimum atomic E-state index is -1.31. The molecule has 0 aliphatic heterocycles. The van der Waals surface area contributed by atoms with E-state index in [1.807, 2.05) is 0 Å². The molecule has 2 N–H and O–H groups in total. The molecule has 160 valence electrons. The van der Waals surface area contributed by atoms with Gasteiger partial charge in [-0.15, -0.1) is 11.6 Å². The summed E-state index contributed by atoms with van der Waals surface area (Å²) in [7, 11) is 1.71. The number of alkyl halides is 1. The molecular weight excluding hydrogens is 430 g/mol. The van der Waals surface area contributed by atoms with Crippen LogP contribution in [-0.4, -0.2) is 47.7 Å². The number of pyridine rings is 1. The number of halogens is 3. The van der Waals surface area contributed by atoms with Gasteiger partial charge in [0, 0.05) is 41.8 Å². The van der Waals surface area contributed by atoms with E-state index in [9.17, 15) is 18.7 Å². The molecule has 0 bridgehead atoms. The van der Waals surface area contributed by atoms with E-state index in [1.54, 1.807) is 20.2 Å². The third-order valence-electron chi connectivity index (χ3n) is 4.61. The molecule has 1 unspecified atom stereocenters. The zero-order chi connectivity index (χ0) is 22.3. The van der Waals surface area contributed by atoms with Gasteiger partial charge < -0.3 is 10.4 Å². The monoisotopic (exact) mass is 446 g/mol. The van der Waals surface area contributed by atoms with Crippen molar-refractivity contribution in [2.24, 2.45) is 7.05 Å². The Balaban J connectivity index is 1.85. The van der Waals surface area contributed by atoms with Crippen LogP contribution in [0.3, 0.4) is 0 Å². The van der Waals surface area contributed by atoms with E-state index in [0.29, 0.717) is 23.2 Å². The van der Waals surface area contributed by atoms with Gasteiger partial charge >= 0.3 is 6.09 Å². The SMILES string of the molecule is CC(Cl)CNc1cc(F)c(-c2cc3c(-c4cnn(C)c4)nn(C(=O)O)c3cn2)c(F)c1. The largest absolute Gasteiger partial charge is 0.463 e. The van der Waals surface area contributed by atoms with Crippen LogP contribution in [0.25, 0.3) is 33.4 Å². The van der Waals surface area contributed by atoms with Crippen molar-refractivity contribution in [2.75, 3.05) is 11.9 Å². The van der Waals surface area contributed by atoms with E-state index in [1.165, 1.54) is 23.1 Å². The van der Waals surface area contributed by atoms with Crippen molar-refractivity contribution in [3.05, 3.63) is 48.4 Å². The Morgan fingerprint density at radius 1 is 1.26 bits per heavy atom. The van der Waals surface area contributed by atoms with Crippen LogP contribution in [0.5, 0.6) is 0 Å². The number of carbonyl (C=O) groups is 1.